The van der Waals surface area contributed by atoms with Crippen LogP contribution in [-0.2, 0) is 12.8 Å². The second kappa shape index (κ2) is 8.05. The smallest absolute Gasteiger partial charge is 0.191 e. The first-order valence-corrected chi connectivity index (χ1v) is 9.18. The fraction of sp³-hybridized carbons (Fsp3) is 0.222. The number of rotatable bonds is 6. The van der Waals surface area contributed by atoms with Crippen LogP contribution in [0.3, 0.4) is 0 Å². The van der Waals surface area contributed by atoms with Crippen LogP contribution in [0.4, 0.5) is 8.78 Å². The monoisotopic (exact) mass is 395 g/mol. The summed E-state index contributed by atoms with van der Waals surface area (Å²) in [7, 11) is 1.83. The third-order valence-corrected chi connectivity index (χ3v) is 5.07. The number of nitrogens with zero attached hydrogens (tertiary/aromatic N) is 3. The molecular weight excluding hydrogens is 380 g/mol. The van der Waals surface area contributed by atoms with E-state index in [0.29, 0.717) is 22.5 Å². The van der Waals surface area contributed by atoms with E-state index in [9.17, 15) is 8.78 Å². The van der Waals surface area contributed by atoms with Crippen molar-refractivity contribution in [3.8, 4) is 5.75 Å². The van der Waals surface area contributed by atoms with Gasteiger partial charge in [0.2, 0.25) is 0 Å². The molecule has 1 heterocycles. The summed E-state index contributed by atoms with van der Waals surface area (Å²) in [5.74, 6) is 0.859. The van der Waals surface area contributed by atoms with Gasteiger partial charge in [0.05, 0.1) is 5.02 Å². The molecule has 0 bridgehead atoms. The van der Waals surface area contributed by atoms with E-state index in [-0.39, 0.29) is 10.8 Å². The van der Waals surface area contributed by atoms with Gasteiger partial charge in [-0.25, -0.2) is 8.78 Å². The summed E-state index contributed by atoms with van der Waals surface area (Å²) in [6.07, 6.45) is -0.431. The summed E-state index contributed by atoms with van der Waals surface area (Å²) < 4.78 is 34.0. The van der Waals surface area contributed by atoms with Crippen molar-refractivity contribution in [2.75, 3.05) is 0 Å². The third-order valence-electron chi connectivity index (χ3n) is 3.69. The first kappa shape index (κ1) is 18.7. The standard InChI is InChI=1S/C18H16ClF2N3OS/c1-11(25-16-7-6-14(21)9-15(16)19)17-22-23-18(24(17)2)26-10-12-4-3-5-13(20)8-12/h3-9,11H,10H2,1-2H3. The van der Waals surface area contributed by atoms with Crippen molar-refractivity contribution < 1.29 is 13.5 Å². The van der Waals surface area contributed by atoms with Crippen molar-refractivity contribution in [1.29, 1.82) is 0 Å². The molecule has 0 aliphatic rings. The molecule has 0 fully saturated rings. The first-order chi connectivity index (χ1) is 12.4. The molecule has 1 aromatic heterocycles. The number of halogens is 3. The van der Waals surface area contributed by atoms with Crippen LogP contribution in [0.1, 0.15) is 24.4 Å². The lowest BCUT2D eigenvalue weighted by Gasteiger charge is -2.15. The highest BCUT2D eigenvalue weighted by Gasteiger charge is 2.18. The van der Waals surface area contributed by atoms with E-state index < -0.39 is 11.9 Å². The highest BCUT2D eigenvalue weighted by atomic mass is 35.5. The predicted octanol–water partition coefficient (Wildman–Crippen LogP) is 5.18. The number of hydrogen-bond acceptors (Lipinski definition) is 4. The average molecular weight is 396 g/mol. The van der Waals surface area contributed by atoms with Crippen molar-refractivity contribution in [2.24, 2.45) is 7.05 Å². The molecule has 26 heavy (non-hydrogen) atoms. The fourth-order valence-electron chi connectivity index (χ4n) is 2.39. The Morgan fingerprint density at radius 1 is 1.15 bits per heavy atom. The molecule has 0 aliphatic carbocycles. The van der Waals surface area contributed by atoms with Gasteiger partial charge in [0, 0.05) is 12.8 Å². The Kier molecular flexibility index (Phi) is 5.78. The molecule has 0 N–H and O–H groups in total. The Morgan fingerprint density at radius 2 is 1.92 bits per heavy atom. The van der Waals surface area contributed by atoms with E-state index >= 15 is 0 Å². The number of aromatic nitrogens is 3. The molecule has 1 atom stereocenters. The number of ether oxygens (including phenoxy) is 1. The molecule has 1 unspecified atom stereocenters. The maximum atomic E-state index is 13.3. The minimum atomic E-state index is -0.431. The normalized spacial score (nSPS) is 12.2. The number of hydrogen-bond donors (Lipinski definition) is 0. The molecule has 8 heteroatoms. The van der Waals surface area contributed by atoms with Crippen molar-refractivity contribution in [3.63, 3.8) is 0 Å². The minimum Gasteiger partial charge on any atom is -0.481 e. The van der Waals surface area contributed by atoms with Crippen molar-refractivity contribution in [1.82, 2.24) is 14.8 Å². The largest absolute Gasteiger partial charge is 0.481 e. The third kappa shape index (κ3) is 4.34. The molecule has 0 radical (unpaired) electrons. The van der Waals surface area contributed by atoms with Gasteiger partial charge in [-0.15, -0.1) is 10.2 Å². The summed E-state index contributed by atoms with van der Waals surface area (Å²) >= 11 is 7.44. The lowest BCUT2D eigenvalue weighted by atomic mass is 10.2. The summed E-state index contributed by atoms with van der Waals surface area (Å²) in [4.78, 5) is 0. The van der Waals surface area contributed by atoms with Crippen molar-refractivity contribution in [2.45, 2.75) is 23.9 Å². The van der Waals surface area contributed by atoms with Gasteiger partial charge in [0.25, 0.3) is 0 Å². The second-order valence-electron chi connectivity index (χ2n) is 5.65. The zero-order valence-electron chi connectivity index (χ0n) is 14.1. The van der Waals surface area contributed by atoms with Crippen LogP contribution in [-0.4, -0.2) is 14.8 Å². The van der Waals surface area contributed by atoms with Gasteiger partial charge in [-0.05, 0) is 42.8 Å². The van der Waals surface area contributed by atoms with Gasteiger partial charge >= 0.3 is 0 Å². The second-order valence-corrected chi connectivity index (χ2v) is 7.00. The van der Waals surface area contributed by atoms with Gasteiger partial charge in [-0.2, -0.15) is 0 Å². The molecule has 0 amide bonds. The van der Waals surface area contributed by atoms with Crippen LogP contribution in [0.5, 0.6) is 5.75 Å². The van der Waals surface area contributed by atoms with E-state index in [1.165, 1.54) is 42.1 Å². The maximum absolute atomic E-state index is 13.3. The number of benzene rings is 2. The van der Waals surface area contributed by atoms with Crippen molar-refractivity contribution >= 4 is 23.4 Å². The molecular formula is C18H16ClF2N3OS. The van der Waals surface area contributed by atoms with Crippen LogP contribution in [0.25, 0.3) is 0 Å². The summed E-state index contributed by atoms with van der Waals surface area (Å²) in [6, 6.07) is 10.4. The van der Waals surface area contributed by atoms with Gasteiger partial charge in [0.15, 0.2) is 17.1 Å². The topological polar surface area (TPSA) is 39.9 Å². The highest BCUT2D eigenvalue weighted by molar-refractivity contribution is 7.98. The molecule has 0 aliphatic heterocycles. The van der Waals surface area contributed by atoms with E-state index in [1.807, 2.05) is 24.6 Å². The zero-order chi connectivity index (χ0) is 18.7. The molecule has 0 saturated heterocycles. The summed E-state index contributed by atoms with van der Waals surface area (Å²) in [5, 5.41) is 9.21. The maximum Gasteiger partial charge on any atom is 0.191 e. The van der Waals surface area contributed by atoms with Gasteiger partial charge < -0.3 is 9.30 Å². The lowest BCUT2D eigenvalue weighted by Crippen LogP contribution is -2.10. The zero-order valence-corrected chi connectivity index (χ0v) is 15.7. The Hall–Kier alpha value is -2.12. The average Bonchev–Trinajstić information content (AvgIpc) is 2.96. The Labute approximate surface area is 159 Å². The quantitative estimate of drug-likeness (QED) is 0.539. The molecule has 0 saturated carbocycles. The molecule has 136 valence electrons. The Bertz CT molecular complexity index is 919. The number of thioether (sulfide) groups is 1. The predicted molar refractivity (Wildman–Crippen MR) is 97.4 cm³/mol. The van der Waals surface area contributed by atoms with Crippen LogP contribution in [0.2, 0.25) is 5.02 Å². The van der Waals surface area contributed by atoms with E-state index in [4.69, 9.17) is 16.3 Å². The Balaban J connectivity index is 1.69. The first-order valence-electron chi connectivity index (χ1n) is 7.82. The van der Waals surface area contributed by atoms with E-state index in [1.54, 1.807) is 6.07 Å². The molecule has 2 aromatic carbocycles. The molecule has 3 rings (SSSR count). The van der Waals surface area contributed by atoms with Gasteiger partial charge in [-0.1, -0.05) is 35.5 Å². The van der Waals surface area contributed by atoms with Crippen molar-refractivity contribution in [3.05, 3.63) is 70.5 Å². The SMILES string of the molecule is CC(Oc1ccc(F)cc1Cl)c1nnc(SCc2cccc(F)c2)n1C. The van der Waals surface area contributed by atoms with Gasteiger partial charge in [0.1, 0.15) is 17.4 Å². The highest BCUT2D eigenvalue weighted by Crippen LogP contribution is 2.30. The fourth-order valence-corrected chi connectivity index (χ4v) is 3.47. The van der Waals surface area contributed by atoms with E-state index in [2.05, 4.69) is 10.2 Å². The summed E-state index contributed by atoms with van der Waals surface area (Å²) in [5.41, 5.74) is 0.863. The van der Waals surface area contributed by atoms with Crippen LogP contribution < -0.4 is 4.74 Å². The minimum absolute atomic E-state index is 0.194. The summed E-state index contributed by atoms with van der Waals surface area (Å²) in [6.45, 7) is 1.81. The van der Waals surface area contributed by atoms with E-state index in [0.717, 1.165) is 5.56 Å². The Morgan fingerprint density at radius 3 is 2.65 bits per heavy atom. The molecule has 3 aromatic rings. The molecule has 4 nitrogen and oxygen atoms in total. The molecule has 0 spiro atoms. The van der Waals surface area contributed by atoms with Crippen LogP contribution in [0, 0.1) is 11.6 Å². The van der Waals surface area contributed by atoms with Gasteiger partial charge in [-0.3, -0.25) is 0 Å². The van der Waals surface area contributed by atoms with Crippen LogP contribution >= 0.6 is 23.4 Å². The lowest BCUT2D eigenvalue weighted by molar-refractivity contribution is 0.211. The van der Waals surface area contributed by atoms with Crippen LogP contribution in [0.15, 0.2) is 47.6 Å².